The maximum atomic E-state index is 12.4. The summed E-state index contributed by atoms with van der Waals surface area (Å²) in [4.78, 5) is 34.3. The van der Waals surface area contributed by atoms with Crippen LogP contribution in [0.4, 0.5) is 26.3 Å². The molecular formula is C24H28F6N6O5S. The largest absolute Gasteiger partial charge is 0.490 e. The van der Waals surface area contributed by atoms with Crippen molar-refractivity contribution >= 4 is 29.6 Å². The van der Waals surface area contributed by atoms with Crippen LogP contribution in [0, 0.1) is 22.7 Å². The molecule has 0 bridgehead atoms. The number of alkyl halides is 6. The Morgan fingerprint density at radius 2 is 1.52 bits per heavy atom. The van der Waals surface area contributed by atoms with Crippen LogP contribution in [0.3, 0.4) is 0 Å². The van der Waals surface area contributed by atoms with Gasteiger partial charge in [0, 0.05) is 38.5 Å². The molecule has 0 aromatic heterocycles. The van der Waals surface area contributed by atoms with Crippen LogP contribution < -0.4 is 5.43 Å². The van der Waals surface area contributed by atoms with Crippen LogP contribution in [0.2, 0.25) is 0 Å². The number of nitrogens with one attached hydrogen (secondary N) is 1. The molecule has 0 aliphatic carbocycles. The Hall–Kier alpha value is -3.58. The van der Waals surface area contributed by atoms with Crippen molar-refractivity contribution in [2.75, 3.05) is 38.3 Å². The van der Waals surface area contributed by atoms with Gasteiger partial charge in [0.1, 0.15) is 6.04 Å². The van der Waals surface area contributed by atoms with Gasteiger partial charge in [0.2, 0.25) is 5.91 Å². The summed E-state index contributed by atoms with van der Waals surface area (Å²) in [7, 11) is 1.89. The number of hydrogen-bond acceptors (Lipinski definition) is 9. The van der Waals surface area contributed by atoms with E-state index < -0.39 is 24.3 Å². The number of rotatable bonds is 6. The number of piperidine rings is 1. The van der Waals surface area contributed by atoms with Gasteiger partial charge in [-0.05, 0) is 30.5 Å². The van der Waals surface area contributed by atoms with E-state index in [4.69, 9.17) is 30.3 Å². The monoisotopic (exact) mass is 626 g/mol. The number of thioether (sulfide) groups is 1. The van der Waals surface area contributed by atoms with Crippen molar-refractivity contribution < 1.29 is 50.9 Å². The van der Waals surface area contributed by atoms with E-state index in [2.05, 4.69) is 22.5 Å². The minimum Gasteiger partial charge on any atom is -0.475 e. The van der Waals surface area contributed by atoms with Crippen LogP contribution >= 0.6 is 11.8 Å². The van der Waals surface area contributed by atoms with Crippen molar-refractivity contribution in [3.05, 3.63) is 35.4 Å². The van der Waals surface area contributed by atoms with E-state index in [1.807, 2.05) is 36.3 Å². The van der Waals surface area contributed by atoms with E-state index in [-0.39, 0.29) is 18.5 Å². The lowest BCUT2D eigenvalue weighted by Crippen LogP contribution is -2.51. The second kappa shape index (κ2) is 16.8. The number of amides is 1. The highest BCUT2D eigenvalue weighted by Gasteiger charge is 2.39. The lowest BCUT2D eigenvalue weighted by Gasteiger charge is -2.35. The van der Waals surface area contributed by atoms with Gasteiger partial charge in [-0.15, -0.1) is 11.8 Å². The molecule has 0 radical (unpaired) electrons. The molecule has 2 fully saturated rings. The number of carbonyl (C=O) groups excluding carboxylic acids is 1. The second-order valence-corrected chi connectivity index (χ2v) is 9.96. The fraction of sp³-hybridized carbons (Fsp3) is 0.542. The molecule has 1 aromatic rings. The first-order chi connectivity index (χ1) is 19.5. The number of carboxylic acids is 2. The predicted molar refractivity (Wildman–Crippen MR) is 136 cm³/mol. The van der Waals surface area contributed by atoms with Crippen LogP contribution in [-0.4, -0.2) is 106 Å². The molecule has 3 N–H and O–H groups in total. The summed E-state index contributed by atoms with van der Waals surface area (Å²) in [5.41, 5.74) is 5.36. The maximum absolute atomic E-state index is 12.4. The van der Waals surface area contributed by atoms with Crippen molar-refractivity contribution in [3.63, 3.8) is 0 Å². The first-order valence-corrected chi connectivity index (χ1v) is 13.2. The van der Waals surface area contributed by atoms with Gasteiger partial charge >= 0.3 is 24.3 Å². The Labute approximate surface area is 241 Å². The van der Waals surface area contributed by atoms with Crippen LogP contribution in [0.5, 0.6) is 0 Å². The summed E-state index contributed by atoms with van der Waals surface area (Å²) in [5.74, 6) is -4.19. The number of hydrazine groups is 1. The minimum absolute atomic E-state index is 0.00445. The molecule has 0 spiro atoms. The molecule has 2 heterocycles. The van der Waals surface area contributed by atoms with E-state index in [0.717, 1.165) is 32.5 Å². The molecule has 0 saturated carbocycles. The molecule has 1 atom stereocenters. The number of carboxylic acid groups (broad SMARTS) is 2. The van der Waals surface area contributed by atoms with Gasteiger partial charge in [-0.3, -0.25) is 15.1 Å². The highest BCUT2D eigenvalue weighted by molar-refractivity contribution is 7.99. The fourth-order valence-corrected chi connectivity index (χ4v) is 4.71. The molecule has 2 saturated heterocycles. The third-order valence-corrected chi connectivity index (χ3v) is 6.70. The SMILES string of the molecule is CN(CC(=O)N1CSCC1C#N)NC1CCN(Cc2ccc(C#N)cc2)CC1.O=C(O)C(F)(F)F.O=C(O)C(F)(F)F. The highest BCUT2D eigenvalue weighted by Crippen LogP contribution is 2.20. The third kappa shape index (κ3) is 13.4. The van der Waals surface area contributed by atoms with Gasteiger partial charge in [0.05, 0.1) is 30.1 Å². The van der Waals surface area contributed by atoms with Gasteiger partial charge in [-0.2, -0.15) is 36.9 Å². The van der Waals surface area contributed by atoms with Crippen molar-refractivity contribution in [3.8, 4) is 12.1 Å². The molecule has 18 heteroatoms. The van der Waals surface area contributed by atoms with Crippen LogP contribution in [-0.2, 0) is 20.9 Å². The zero-order valence-electron chi connectivity index (χ0n) is 22.2. The van der Waals surface area contributed by atoms with Crippen LogP contribution in [0.15, 0.2) is 24.3 Å². The topological polar surface area (TPSA) is 161 Å². The molecule has 2 aliphatic heterocycles. The maximum Gasteiger partial charge on any atom is 0.490 e. The number of likely N-dealkylation sites (N-methyl/N-ethyl adjacent to an activating group) is 1. The number of benzene rings is 1. The van der Waals surface area contributed by atoms with Crippen molar-refractivity contribution in [2.24, 2.45) is 0 Å². The number of nitrogens with zero attached hydrogens (tertiary/aromatic N) is 5. The minimum atomic E-state index is -5.08. The Morgan fingerprint density at radius 1 is 1.02 bits per heavy atom. The average Bonchev–Trinajstić information content (AvgIpc) is 3.39. The zero-order valence-corrected chi connectivity index (χ0v) is 23.0. The van der Waals surface area contributed by atoms with E-state index in [9.17, 15) is 31.1 Å². The summed E-state index contributed by atoms with van der Waals surface area (Å²) in [6.07, 6.45) is -8.12. The number of nitriles is 2. The summed E-state index contributed by atoms with van der Waals surface area (Å²) in [6, 6.07) is 12.2. The Balaban J connectivity index is 0.000000522. The third-order valence-electron chi connectivity index (χ3n) is 5.69. The molecule has 11 nitrogen and oxygen atoms in total. The molecule has 1 unspecified atom stereocenters. The van der Waals surface area contributed by atoms with Crippen LogP contribution in [0.1, 0.15) is 24.0 Å². The first-order valence-electron chi connectivity index (χ1n) is 12.0. The van der Waals surface area contributed by atoms with E-state index in [1.165, 1.54) is 5.56 Å². The smallest absolute Gasteiger partial charge is 0.475 e. The van der Waals surface area contributed by atoms with Gasteiger partial charge in [-0.25, -0.2) is 14.6 Å². The number of likely N-dealkylation sites (tertiary alicyclic amines) is 1. The van der Waals surface area contributed by atoms with Crippen molar-refractivity contribution in [2.45, 2.75) is 43.8 Å². The summed E-state index contributed by atoms with van der Waals surface area (Å²) >= 11 is 1.63. The van der Waals surface area contributed by atoms with Gasteiger partial charge in [0.25, 0.3) is 0 Å². The fourth-order valence-electron chi connectivity index (χ4n) is 3.61. The number of carbonyl (C=O) groups is 3. The summed E-state index contributed by atoms with van der Waals surface area (Å²) in [5, 5.41) is 34.1. The average molecular weight is 627 g/mol. The number of hydrogen-bond donors (Lipinski definition) is 3. The molecule has 1 aromatic carbocycles. The quantitative estimate of drug-likeness (QED) is 0.315. The van der Waals surface area contributed by atoms with E-state index >= 15 is 0 Å². The van der Waals surface area contributed by atoms with Crippen molar-refractivity contribution in [1.29, 1.82) is 10.5 Å². The highest BCUT2D eigenvalue weighted by atomic mass is 32.2. The molecule has 3 rings (SSSR count). The predicted octanol–water partition coefficient (Wildman–Crippen LogP) is 2.65. The molecule has 1 amide bonds. The second-order valence-electron chi connectivity index (χ2n) is 8.96. The van der Waals surface area contributed by atoms with Crippen molar-refractivity contribution in [1.82, 2.24) is 20.2 Å². The Bertz CT molecular complexity index is 1110. The van der Waals surface area contributed by atoms with Gasteiger partial charge < -0.3 is 15.1 Å². The van der Waals surface area contributed by atoms with Gasteiger partial charge in [0.15, 0.2) is 0 Å². The number of halogens is 6. The van der Waals surface area contributed by atoms with E-state index in [1.54, 1.807) is 16.7 Å². The lowest BCUT2D eigenvalue weighted by atomic mass is 10.0. The summed E-state index contributed by atoms with van der Waals surface area (Å²) in [6.45, 7) is 3.18. The zero-order chi connectivity index (χ0) is 32.1. The first kappa shape index (κ1) is 36.4. The summed E-state index contributed by atoms with van der Waals surface area (Å²) < 4.78 is 63.5. The molecule has 42 heavy (non-hydrogen) atoms. The standard InChI is InChI=1S/C20H26N6OS.2C2HF3O2/c1-24(13-20(27)26-15-28-14-19(26)11-22)23-18-6-8-25(9-7-18)12-17-4-2-16(10-21)3-5-17;2*3-2(4,5)1(6)7/h2-5,18-19,23H,6-9,12-15H2,1H3;2*(H,6,7). The lowest BCUT2D eigenvalue weighted by molar-refractivity contribution is -0.193. The molecule has 232 valence electrons. The Morgan fingerprint density at radius 3 is 1.95 bits per heavy atom. The molecule has 2 aliphatic rings. The van der Waals surface area contributed by atoms with Crippen LogP contribution in [0.25, 0.3) is 0 Å². The normalized spacial score (nSPS) is 17.7. The van der Waals surface area contributed by atoms with Gasteiger partial charge in [-0.1, -0.05) is 12.1 Å². The van der Waals surface area contributed by atoms with E-state index in [0.29, 0.717) is 23.2 Å². The number of aliphatic carboxylic acids is 2. The Kier molecular flexibility index (Phi) is 14.5. The molecular weight excluding hydrogens is 598 g/mol.